The molecular formula is C10H22BrNS. The van der Waals surface area contributed by atoms with Crippen LogP contribution in [0.4, 0.5) is 0 Å². The van der Waals surface area contributed by atoms with Crippen molar-refractivity contribution in [3.8, 4) is 0 Å². The maximum atomic E-state index is 3.56. The van der Waals surface area contributed by atoms with E-state index in [1.165, 1.54) is 24.3 Å². The highest BCUT2D eigenvalue weighted by Gasteiger charge is 2.03. The standard InChI is InChI=1S/C10H22BrNS/c1-4-13-7-5-6-12-10(3)8-9(2)11/h9-10,12H,4-8H2,1-3H3. The summed E-state index contributed by atoms with van der Waals surface area (Å²) in [4.78, 5) is 0.625. The molecule has 2 atom stereocenters. The van der Waals surface area contributed by atoms with Gasteiger partial charge in [-0.25, -0.2) is 0 Å². The SMILES string of the molecule is CCSCCCNC(C)CC(C)Br. The van der Waals surface area contributed by atoms with Crippen LogP contribution in [0.3, 0.4) is 0 Å². The lowest BCUT2D eigenvalue weighted by atomic mass is 10.2. The summed E-state index contributed by atoms with van der Waals surface area (Å²) < 4.78 is 0. The Balaban J connectivity index is 3.12. The van der Waals surface area contributed by atoms with Crippen LogP contribution in [0.5, 0.6) is 0 Å². The molecule has 0 bridgehead atoms. The van der Waals surface area contributed by atoms with Crippen molar-refractivity contribution in [3.63, 3.8) is 0 Å². The molecule has 0 aromatic rings. The first-order valence-electron chi connectivity index (χ1n) is 5.12. The molecule has 0 radical (unpaired) electrons. The van der Waals surface area contributed by atoms with Crippen LogP contribution in [0.2, 0.25) is 0 Å². The van der Waals surface area contributed by atoms with Crippen molar-refractivity contribution >= 4 is 27.7 Å². The topological polar surface area (TPSA) is 12.0 Å². The minimum atomic E-state index is 0.625. The van der Waals surface area contributed by atoms with Crippen LogP contribution in [0.1, 0.15) is 33.6 Å². The molecule has 13 heavy (non-hydrogen) atoms. The van der Waals surface area contributed by atoms with E-state index in [9.17, 15) is 0 Å². The summed E-state index contributed by atoms with van der Waals surface area (Å²) in [5, 5.41) is 3.53. The molecule has 0 aliphatic heterocycles. The molecule has 0 amide bonds. The Morgan fingerprint density at radius 2 is 2.08 bits per heavy atom. The average Bonchev–Trinajstić information content (AvgIpc) is 2.02. The quantitative estimate of drug-likeness (QED) is 0.535. The summed E-state index contributed by atoms with van der Waals surface area (Å²) >= 11 is 5.59. The highest BCUT2D eigenvalue weighted by atomic mass is 79.9. The van der Waals surface area contributed by atoms with Gasteiger partial charge in [0, 0.05) is 10.9 Å². The van der Waals surface area contributed by atoms with Gasteiger partial charge in [-0.05, 0) is 37.8 Å². The Morgan fingerprint density at radius 1 is 1.38 bits per heavy atom. The van der Waals surface area contributed by atoms with Gasteiger partial charge < -0.3 is 5.32 Å². The van der Waals surface area contributed by atoms with Crippen LogP contribution in [-0.4, -0.2) is 28.9 Å². The molecule has 80 valence electrons. The van der Waals surface area contributed by atoms with Crippen molar-refractivity contribution in [2.75, 3.05) is 18.1 Å². The third-order valence-corrected chi connectivity index (χ3v) is 3.20. The summed E-state index contributed by atoms with van der Waals surface area (Å²) in [6.07, 6.45) is 2.50. The third kappa shape index (κ3) is 10.7. The lowest BCUT2D eigenvalue weighted by Crippen LogP contribution is -2.29. The zero-order chi connectivity index (χ0) is 10.1. The van der Waals surface area contributed by atoms with Crippen molar-refractivity contribution in [2.45, 2.75) is 44.5 Å². The monoisotopic (exact) mass is 267 g/mol. The van der Waals surface area contributed by atoms with E-state index in [1.54, 1.807) is 0 Å². The van der Waals surface area contributed by atoms with Gasteiger partial charge in [0.05, 0.1) is 0 Å². The zero-order valence-corrected chi connectivity index (χ0v) is 11.4. The van der Waals surface area contributed by atoms with E-state index < -0.39 is 0 Å². The first-order valence-corrected chi connectivity index (χ1v) is 7.19. The first kappa shape index (κ1) is 13.8. The van der Waals surface area contributed by atoms with Gasteiger partial charge in [0.25, 0.3) is 0 Å². The number of nitrogens with one attached hydrogen (secondary N) is 1. The number of halogens is 1. The number of alkyl halides is 1. The molecule has 3 heteroatoms. The molecule has 0 saturated carbocycles. The zero-order valence-electron chi connectivity index (χ0n) is 8.98. The molecule has 1 N–H and O–H groups in total. The second-order valence-corrected chi connectivity index (χ2v) is 6.38. The van der Waals surface area contributed by atoms with Crippen molar-refractivity contribution in [1.82, 2.24) is 5.32 Å². The van der Waals surface area contributed by atoms with Crippen molar-refractivity contribution in [3.05, 3.63) is 0 Å². The van der Waals surface area contributed by atoms with Crippen molar-refractivity contribution in [1.29, 1.82) is 0 Å². The van der Waals surface area contributed by atoms with Gasteiger partial charge in [-0.2, -0.15) is 11.8 Å². The molecule has 0 saturated heterocycles. The smallest absolute Gasteiger partial charge is 0.0132 e. The Labute approximate surface area is 95.6 Å². The normalized spacial score (nSPS) is 15.7. The number of hydrogen-bond donors (Lipinski definition) is 1. The number of thioether (sulfide) groups is 1. The lowest BCUT2D eigenvalue weighted by molar-refractivity contribution is 0.516. The van der Waals surface area contributed by atoms with Crippen LogP contribution >= 0.6 is 27.7 Å². The molecule has 0 rings (SSSR count). The predicted octanol–water partition coefficient (Wildman–Crippen LogP) is 3.28. The van der Waals surface area contributed by atoms with Crippen LogP contribution in [0.15, 0.2) is 0 Å². The number of hydrogen-bond acceptors (Lipinski definition) is 2. The van der Waals surface area contributed by atoms with E-state index in [-0.39, 0.29) is 0 Å². The Hall–Kier alpha value is 0.790. The van der Waals surface area contributed by atoms with E-state index >= 15 is 0 Å². The summed E-state index contributed by atoms with van der Waals surface area (Å²) in [5.74, 6) is 2.54. The van der Waals surface area contributed by atoms with E-state index in [4.69, 9.17) is 0 Å². The largest absolute Gasteiger partial charge is 0.314 e. The Morgan fingerprint density at radius 3 is 2.62 bits per heavy atom. The minimum absolute atomic E-state index is 0.625. The van der Waals surface area contributed by atoms with E-state index in [1.807, 2.05) is 11.8 Å². The Bertz CT molecular complexity index is 109. The fourth-order valence-corrected chi connectivity index (χ4v) is 2.44. The van der Waals surface area contributed by atoms with Crippen molar-refractivity contribution < 1.29 is 0 Å². The van der Waals surface area contributed by atoms with E-state index in [2.05, 4.69) is 42.0 Å². The van der Waals surface area contributed by atoms with E-state index in [0.717, 1.165) is 6.54 Å². The third-order valence-electron chi connectivity index (χ3n) is 1.84. The molecule has 0 fully saturated rings. The van der Waals surface area contributed by atoms with Gasteiger partial charge in [-0.1, -0.05) is 29.8 Å². The van der Waals surface area contributed by atoms with Gasteiger partial charge >= 0.3 is 0 Å². The molecule has 0 aliphatic rings. The predicted molar refractivity (Wildman–Crippen MR) is 68.1 cm³/mol. The molecule has 0 aliphatic carbocycles. The number of rotatable bonds is 8. The van der Waals surface area contributed by atoms with Gasteiger partial charge in [0.15, 0.2) is 0 Å². The molecule has 0 spiro atoms. The second kappa shape index (κ2) is 9.35. The maximum Gasteiger partial charge on any atom is 0.0132 e. The minimum Gasteiger partial charge on any atom is -0.314 e. The molecule has 2 unspecified atom stereocenters. The fraction of sp³-hybridized carbons (Fsp3) is 1.00. The van der Waals surface area contributed by atoms with E-state index in [0.29, 0.717) is 10.9 Å². The maximum absolute atomic E-state index is 3.56. The van der Waals surface area contributed by atoms with Crippen LogP contribution in [-0.2, 0) is 0 Å². The summed E-state index contributed by atoms with van der Waals surface area (Å²) in [6.45, 7) is 7.83. The highest BCUT2D eigenvalue weighted by Crippen LogP contribution is 2.06. The molecule has 0 heterocycles. The van der Waals surface area contributed by atoms with Crippen LogP contribution < -0.4 is 5.32 Å². The van der Waals surface area contributed by atoms with Gasteiger partial charge in [0.2, 0.25) is 0 Å². The second-order valence-electron chi connectivity index (χ2n) is 3.42. The van der Waals surface area contributed by atoms with Crippen LogP contribution in [0.25, 0.3) is 0 Å². The van der Waals surface area contributed by atoms with Gasteiger partial charge in [0.1, 0.15) is 0 Å². The van der Waals surface area contributed by atoms with Crippen LogP contribution in [0, 0.1) is 0 Å². The molecular weight excluding hydrogens is 246 g/mol. The average molecular weight is 268 g/mol. The highest BCUT2D eigenvalue weighted by molar-refractivity contribution is 9.09. The fourth-order valence-electron chi connectivity index (χ4n) is 1.24. The first-order chi connectivity index (χ1) is 6.16. The molecule has 0 aromatic carbocycles. The lowest BCUT2D eigenvalue weighted by Gasteiger charge is -2.14. The summed E-state index contributed by atoms with van der Waals surface area (Å²) in [6, 6.07) is 0.640. The van der Waals surface area contributed by atoms with Crippen molar-refractivity contribution in [2.24, 2.45) is 0 Å². The summed E-state index contributed by atoms with van der Waals surface area (Å²) in [7, 11) is 0. The van der Waals surface area contributed by atoms with Gasteiger partial charge in [-0.15, -0.1) is 0 Å². The summed E-state index contributed by atoms with van der Waals surface area (Å²) in [5.41, 5.74) is 0. The molecule has 1 nitrogen and oxygen atoms in total. The van der Waals surface area contributed by atoms with Gasteiger partial charge in [-0.3, -0.25) is 0 Å². The Kier molecular flexibility index (Phi) is 9.92. The molecule has 0 aromatic heterocycles.